The second-order valence-corrected chi connectivity index (χ2v) is 6.22. The van der Waals surface area contributed by atoms with Crippen molar-refractivity contribution >= 4 is 17.5 Å². The van der Waals surface area contributed by atoms with Crippen molar-refractivity contribution in [3.05, 3.63) is 41.0 Å². The molecule has 2 aromatic rings. The molecule has 2 N–H and O–H groups in total. The Labute approximate surface area is 146 Å². The van der Waals surface area contributed by atoms with Crippen LogP contribution in [0.2, 0.25) is 5.02 Å². The summed E-state index contributed by atoms with van der Waals surface area (Å²) in [6.45, 7) is 5.84. The molecule has 0 saturated carbocycles. The molecule has 3 rings (SSSR count). The van der Waals surface area contributed by atoms with E-state index in [4.69, 9.17) is 16.1 Å². The van der Waals surface area contributed by atoms with E-state index in [0.29, 0.717) is 17.3 Å². The van der Waals surface area contributed by atoms with Crippen LogP contribution in [0.25, 0.3) is 11.3 Å². The zero-order valence-electron chi connectivity index (χ0n) is 13.4. The summed E-state index contributed by atoms with van der Waals surface area (Å²) >= 11 is 5.96. The van der Waals surface area contributed by atoms with Crippen molar-refractivity contribution in [1.82, 2.24) is 20.7 Å². The average Bonchev–Trinajstić information content (AvgIpc) is 3.10. The van der Waals surface area contributed by atoms with Gasteiger partial charge in [0.05, 0.1) is 0 Å². The van der Waals surface area contributed by atoms with Crippen LogP contribution in [0.5, 0.6) is 0 Å². The molecule has 6 nitrogen and oxygen atoms in total. The van der Waals surface area contributed by atoms with E-state index in [1.165, 1.54) is 0 Å². The number of carbonyl (C=O) groups is 1. The summed E-state index contributed by atoms with van der Waals surface area (Å²) in [5.41, 5.74) is 1.08. The Kier molecular flexibility index (Phi) is 5.85. The van der Waals surface area contributed by atoms with Crippen LogP contribution >= 0.6 is 11.6 Å². The molecule has 0 atom stereocenters. The fourth-order valence-corrected chi connectivity index (χ4v) is 2.88. The van der Waals surface area contributed by atoms with E-state index in [9.17, 15) is 4.79 Å². The number of benzene rings is 1. The largest absolute Gasteiger partial charge is 0.355 e. The number of amides is 1. The zero-order chi connectivity index (χ0) is 16.8. The van der Waals surface area contributed by atoms with Gasteiger partial charge in [-0.3, -0.25) is 4.79 Å². The fraction of sp³-hybridized carbons (Fsp3) is 0.412. The van der Waals surface area contributed by atoms with Gasteiger partial charge in [-0.25, -0.2) is 0 Å². The Balaban J connectivity index is 1.47. The summed E-state index contributed by atoms with van der Waals surface area (Å²) in [7, 11) is 0. The number of aromatic nitrogens is 1. The third-order valence-electron chi connectivity index (χ3n) is 4.00. The highest BCUT2D eigenvalue weighted by atomic mass is 35.5. The molecular weight excluding hydrogens is 328 g/mol. The maximum atomic E-state index is 12.1. The van der Waals surface area contributed by atoms with Gasteiger partial charge in [-0.05, 0) is 25.1 Å². The van der Waals surface area contributed by atoms with Gasteiger partial charge in [0.15, 0.2) is 11.5 Å². The molecule has 0 unspecified atom stereocenters. The summed E-state index contributed by atoms with van der Waals surface area (Å²) in [6, 6.07) is 8.89. The van der Waals surface area contributed by atoms with E-state index in [2.05, 4.69) is 20.7 Å². The SMILES string of the molecule is O=C(NCCCN1CCNCC1)c1cc(-c2cccc(Cl)c2)on1. The van der Waals surface area contributed by atoms with Gasteiger partial charge in [0.2, 0.25) is 0 Å². The predicted molar refractivity (Wildman–Crippen MR) is 93.2 cm³/mol. The Hall–Kier alpha value is -1.89. The van der Waals surface area contributed by atoms with Crippen molar-refractivity contribution in [3.8, 4) is 11.3 Å². The van der Waals surface area contributed by atoms with Crippen LogP contribution in [-0.2, 0) is 0 Å². The second-order valence-electron chi connectivity index (χ2n) is 5.79. The molecule has 1 amide bonds. The molecule has 24 heavy (non-hydrogen) atoms. The van der Waals surface area contributed by atoms with Crippen molar-refractivity contribution in [2.45, 2.75) is 6.42 Å². The highest BCUT2D eigenvalue weighted by molar-refractivity contribution is 6.30. The molecule has 1 aliphatic rings. The molecule has 1 saturated heterocycles. The number of halogens is 1. The van der Waals surface area contributed by atoms with Gasteiger partial charge >= 0.3 is 0 Å². The first kappa shape index (κ1) is 17.0. The molecule has 0 aliphatic carbocycles. The van der Waals surface area contributed by atoms with Crippen molar-refractivity contribution in [2.75, 3.05) is 39.3 Å². The predicted octanol–water partition coefficient (Wildman–Crippen LogP) is 2.02. The molecule has 0 bridgehead atoms. The lowest BCUT2D eigenvalue weighted by Crippen LogP contribution is -2.44. The number of piperazine rings is 1. The first-order chi connectivity index (χ1) is 11.7. The van der Waals surface area contributed by atoms with Crippen LogP contribution in [0.3, 0.4) is 0 Å². The van der Waals surface area contributed by atoms with Gasteiger partial charge in [-0.2, -0.15) is 0 Å². The lowest BCUT2D eigenvalue weighted by molar-refractivity contribution is 0.0942. The highest BCUT2D eigenvalue weighted by Gasteiger charge is 2.14. The summed E-state index contributed by atoms with van der Waals surface area (Å²) in [4.78, 5) is 14.5. The molecule has 2 heterocycles. The Bertz CT molecular complexity index is 683. The van der Waals surface area contributed by atoms with E-state index in [0.717, 1.165) is 44.7 Å². The topological polar surface area (TPSA) is 70.4 Å². The Morgan fingerprint density at radius 2 is 2.17 bits per heavy atom. The maximum absolute atomic E-state index is 12.1. The van der Waals surface area contributed by atoms with Crippen molar-refractivity contribution in [2.24, 2.45) is 0 Å². The van der Waals surface area contributed by atoms with Crippen LogP contribution in [0.4, 0.5) is 0 Å². The summed E-state index contributed by atoms with van der Waals surface area (Å²) in [5, 5.41) is 10.7. The van der Waals surface area contributed by atoms with E-state index in [1.54, 1.807) is 18.2 Å². The van der Waals surface area contributed by atoms with Gasteiger partial charge in [-0.1, -0.05) is 28.9 Å². The molecule has 7 heteroatoms. The molecule has 1 aliphatic heterocycles. The van der Waals surface area contributed by atoms with Gasteiger partial charge in [0.1, 0.15) is 0 Å². The summed E-state index contributed by atoms with van der Waals surface area (Å²) in [6.07, 6.45) is 0.921. The molecule has 1 aromatic heterocycles. The Morgan fingerprint density at radius 3 is 2.96 bits per heavy atom. The minimum Gasteiger partial charge on any atom is -0.355 e. The first-order valence-electron chi connectivity index (χ1n) is 8.16. The lowest BCUT2D eigenvalue weighted by Gasteiger charge is -2.26. The molecule has 128 valence electrons. The van der Waals surface area contributed by atoms with E-state index < -0.39 is 0 Å². The van der Waals surface area contributed by atoms with Crippen LogP contribution in [0, 0.1) is 0 Å². The quantitative estimate of drug-likeness (QED) is 0.782. The van der Waals surface area contributed by atoms with Gasteiger partial charge < -0.3 is 20.1 Å². The number of hydrogen-bond acceptors (Lipinski definition) is 5. The highest BCUT2D eigenvalue weighted by Crippen LogP contribution is 2.23. The third kappa shape index (κ3) is 4.56. The number of carbonyl (C=O) groups excluding carboxylic acids is 1. The normalized spacial score (nSPS) is 15.4. The smallest absolute Gasteiger partial charge is 0.273 e. The summed E-state index contributed by atoms with van der Waals surface area (Å²) < 4.78 is 5.24. The number of nitrogens with zero attached hydrogens (tertiary/aromatic N) is 2. The maximum Gasteiger partial charge on any atom is 0.273 e. The minimum atomic E-state index is -0.215. The van der Waals surface area contributed by atoms with Crippen LogP contribution in [0.1, 0.15) is 16.9 Å². The van der Waals surface area contributed by atoms with Gasteiger partial charge in [-0.15, -0.1) is 0 Å². The second kappa shape index (κ2) is 8.28. The Morgan fingerprint density at radius 1 is 1.33 bits per heavy atom. The zero-order valence-corrected chi connectivity index (χ0v) is 14.2. The molecule has 0 radical (unpaired) electrons. The third-order valence-corrected chi connectivity index (χ3v) is 4.23. The molecule has 1 aromatic carbocycles. The summed E-state index contributed by atoms with van der Waals surface area (Å²) in [5.74, 6) is 0.316. The standard InChI is InChI=1S/C17H21ClN4O2/c18-14-4-1-3-13(11-14)16-12-15(21-24-16)17(23)20-5-2-8-22-9-6-19-7-10-22/h1,3-4,11-12,19H,2,5-10H2,(H,20,23). The average molecular weight is 349 g/mol. The van der Waals surface area contributed by atoms with Crippen LogP contribution in [0.15, 0.2) is 34.9 Å². The van der Waals surface area contributed by atoms with Crippen molar-refractivity contribution < 1.29 is 9.32 Å². The molecule has 1 fully saturated rings. The lowest BCUT2D eigenvalue weighted by atomic mass is 10.1. The minimum absolute atomic E-state index is 0.215. The van der Waals surface area contributed by atoms with E-state index >= 15 is 0 Å². The number of nitrogens with one attached hydrogen (secondary N) is 2. The van der Waals surface area contributed by atoms with Crippen molar-refractivity contribution in [1.29, 1.82) is 0 Å². The van der Waals surface area contributed by atoms with Crippen molar-refractivity contribution in [3.63, 3.8) is 0 Å². The van der Waals surface area contributed by atoms with Crippen LogP contribution < -0.4 is 10.6 Å². The first-order valence-corrected chi connectivity index (χ1v) is 8.54. The van der Waals surface area contributed by atoms with E-state index in [-0.39, 0.29) is 11.6 Å². The van der Waals surface area contributed by atoms with E-state index in [1.807, 2.05) is 12.1 Å². The number of rotatable bonds is 6. The van der Waals surface area contributed by atoms with Gasteiger partial charge in [0.25, 0.3) is 5.91 Å². The molecule has 0 spiro atoms. The van der Waals surface area contributed by atoms with Crippen LogP contribution in [-0.4, -0.2) is 55.2 Å². The number of hydrogen-bond donors (Lipinski definition) is 2. The molecular formula is C17H21ClN4O2. The van der Waals surface area contributed by atoms with Gasteiger partial charge in [0, 0.05) is 49.4 Å². The monoisotopic (exact) mass is 348 g/mol. The fourth-order valence-electron chi connectivity index (χ4n) is 2.69.